The van der Waals surface area contributed by atoms with Crippen molar-refractivity contribution in [3.05, 3.63) is 42.1 Å². The molecule has 2 aromatic heterocycles. The van der Waals surface area contributed by atoms with Gasteiger partial charge in [0, 0.05) is 11.8 Å². The molecule has 2 rings (SSSR count). The third-order valence-corrected chi connectivity index (χ3v) is 2.36. The van der Waals surface area contributed by atoms with Crippen LogP contribution in [0.2, 0.25) is 0 Å². The van der Waals surface area contributed by atoms with Gasteiger partial charge in [-0.25, -0.2) is 4.98 Å². The summed E-state index contributed by atoms with van der Waals surface area (Å²) in [6, 6.07) is 11.7. The smallest absolute Gasteiger partial charge is 0.213 e. The molecule has 3 heteroatoms. The minimum atomic E-state index is 0.612. The molecule has 0 N–H and O–H groups in total. The first-order valence-electron chi connectivity index (χ1n) is 5.31. The molecule has 16 heavy (non-hydrogen) atoms. The van der Waals surface area contributed by atoms with Crippen LogP contribution < -0.4 is 4.74 Å². The van der Waals surface area contributed by atoms with E-state index in [2.05, 4.69) is 16.9 Å². The van der Waals surface area contributed by atoms with Gasteiger partial charge in [0.25, 0.3) is 0 Å². The molecule has 0 unspecified atom stereocenters. The highest BCUT2D eigenvalue weighted by molar-refractivity contribution is 5.54. The Labute approximate surface area is 95.1 Å². The van der Waals surface area contributed by atoms with E-state index >= 15 is 0 Å². The highest BCUT2D eigenvalue weighted by atomic mass is 16.5. The van der Waals surface area contributed by atoms with Crippen molar-refractivity contribution in [1.82, 2.24) is 9.97 Å². The van der Waals surface area contributed by atoms with Gasteiger partial charge < -0.3 is 4.74 Å². The molecule has 0 saturated carbocycles. The first-order chi connectivity index (χ1) is 7.83. The fourth-order valence-electron chi connectivity index (χ4n) is 1.49. The molecule has 0 atom stereocenters. The Morgan fingerprint density at radius 1 is 1.00 bits per heavy atom. The van der Waals surface area contributed by atoms with Crippen molar-refractivity contribution in [3.8, 4) is 17.3 Å². The Morgan fingerprint density at radius 2 is 1.69 bits per heavy atom. The van der Waals surface area contributed by atoms with E-state index in [1.54, 1.807) is 7.11 Å². The van der Waals surface area contributed by atoms with Gasteiger partial charge in [0.1, 0.15) is 0 Å². The van der Waals surface area contributed by atoms with Gasteiger partial charge >= 0.3 is 0 Å². The van der Waals surface area contributed by atoms with E-state index in [0.717, 1.165) is 23.5 Å². The molecule has 82 valence electrons. The van der Waals surface area contributed by atoms with Crippen LogP contribution in [-0.2, 0) is 6.42 Å². The first-order valence-corrected chi connectivity index (χ1v) is 5.31. The van der Waals surface area contributed by atoms with Crippen LogP contribution in [0.15, 0.2) is 36.4 Å². The molecular formula is C13H14N2O. The van der Waals surface area contributed by atoms with Crippen molar-refractivity contribution in [2.75, 3.05) is 7.11 Å². The van der Waals surface area contributed by atoms with Crippen LogP contribution in [0.5, 0.6) is 5.88 Å². The fourth-order valence-corrected chi connectivity index (χ4v) is 1.49. The normalized spacial score (nSPS) is 10.1. The lowest BCUT2D eigenvalue weighted by Crippen LogP contribution is -1.93. The maximum absolute atomic E-state index is 5.09. The van der Waals surface area contributed by atoms with Gasteiger partial charge in [-0.1, -0.05) is 19.1 Å². The Hall–Kier alpha value is -1.90. The molecule has 0 fully saturated rings. The molecule has 0 aromatic carbocycles. The number of nitrogens with zero attached hydrogens (tertiary/aromatic N) is 2. The molecule has 2 heterocycles. The predicted molar refractivity (Wildman–Crippen MR) is 63.4 cm³/mol. The largest absolute Gasteiger partial charge is 0.481 e. The highest BCUT2D eigenvalue weighted by Crippen LogP contribution is 2.17. The lowest BCUT2D eigenvalue weighted by molar-refractivity contribution is 0.398. The summed E-state index contributed by atoms with van der Waals surface area (Å²) in [6.45, 7) is 2.09. The zero-order chi connectivity index (χ0) is 11.4. The average Bonchev–Trinajstić information content (AvgIpc) is 2.39. The van der Waals surface area contributed by atoms with E-state index in [-0.39, 0.29) is 0 Å². The lowest BCUT2D eigenvalue weighted by Gasteiger charge is -2.04. The quantitative estimate of drug-likeness (QED) is 0.788. The molecule has 0 radical (unpaired) electrons. The van der Waals surface area contributed by atoms with Crippen molar-refractivity contribution < 1.29 is 4.74 Å². The maximum Gasteiger partial charge on any atom is 0.213 e. The predicted octanol–water partition coefficient (Wildman–Crippen LogP) is 2.71. The van der Waals surface area contributed by atoms with Crippen LogP contribution in [0.4, 0.5) is 0 Å². The molecule has 0 amide bonds. The van der Waals surface area contributed by atoms with E-state index in [4.69, 9.17) is 4.74 Å². The summed E-state index contributed by atoms with van der Waals surface area (Å²) >= 11 is 0. The summed E-state index contributed by atoms with van der Waals surface area (Å²) in [5.41, 5.74) is 2.80. The molecule has 0 saturated heterocycles. The van der Waals surface area contributed by atoms with Gasteiger partial charge in [-0.2, -0.15) is 0 Å². The van der Waals surface area contributed by atoms with E-state index in [1.807, 2.05) is 36.4 Å². The number of rotatable bonds is 3. The zero-order valence-corrected chi connectivity index (χ0v) is 9.47. The van der Waals surface area contributed by atoms with Gasteiger partial charge in [-0.05, 0) is 24.6 Å². The standard InChI is InChI=1S/C13H14N2O/c1-3-10-6-4-7-11(14-10)12-8-5-9-13(15-12)16-2/h4-9H,3H2,1-2H3. The van der Waals surface area contributed by atoms with E-state index in [1.165, 1.54) is 0 Å². The molecule has 3 nitrogen and oxygen atoms in total. The van der Waals surface area contributed by atoms with Crippen molar-refractivity contribution in [2.45, 2.75) is 13.3 Å². The molecular weight excluding hydrogens is 200 g/mol. The highest BCUT2D eigenvalue weighted by Gasteiger charge is 2.02. The summed E-state index contributed by atoms with van der Waals surface area (Å²) < 4.78 is 5.09. The SMILES string of the molecule is CCc1cccc(-c2cccc(OC)n2)n1. The number of methoxy groups -OCH3 is 1. The number of aryl methyl sites for hydroxylation is 1. The number of hydrogen-bond donors (Lipinski definition) is 0. The van der Waals surface area contributed by atoms with Crippen LogP contribution in [-0.4, -0.2) is 17.1 Å². The number of ether oxygens (including phenoxy) is 1. The number of pyridine rings is 2. The maximum atomic E-state index is 5.09. The molecule has 2 aromatic rings. The van der Waals surface area contributed by atoms with Gasteiger partial charge in [-0.3, -0.25) is 4.98 Å². The van der Waals surface area contributed by atoms with Gasteiger partial charge in [0.05, 0.1) is 18.5 Å². The van der Waals surface area contributed by atoms with E-state index in [9.17, 15) is 0 Å². The second-order valence-corrected chi connectivity index (χ2v) is 3.43. The molecule has 0 spiro atoms. The van der Waals surface area contributed by atoms with Crippen LogP contribution in [0.25, 0.3) is 11.4 Å². The van der Waals surface area contributed by atoms with Crippen molar-refractivity contribution in [3.63, 3.8) is 0 Å². The van der Waals surface area contributed by atoms with E-state index < -0.39 is 0 Å². The Kier molecular flexibility index (Phi) is 3.15. The van der Waals surface area contributed by atoms with Crippen molar-refractivity contribution in [1.29, 1.82) is 0 Å². The molecule has 0 aliphatic rings. The van der Waals surface area contributed by atoms with Crippen molar-refractivity contribution in [2.24, 2.45) is 0 Å². The molecule has 0 bridgehead atoms. The third kappa shape index (κ3) is 2.19. The topological polar surface area (TPSA) is 35.0 Å². The lowest BCUT2D eigenvalue weighted by atomic mass is 10.2. The average molecular weight is 214 g/mol. The zero-order valence-electron chi connectivity index (χ0n) is 9.47. The summed E-state index contributed by atoms with van der Waals surface area (Å²) in [6.07, 6.45) is 0.928. The summed E-state index contributed by atoms with van der Waals surface area (Å²) in [4.78, 5) is 8.87. The van der Waals surface area contributed by atoms with Crippen LogP contribution >= 0.6 is 0 Å². The number of hydrogen-bond acceptors (Lipinski definition) is 3. The Balaban J connectivity index is 2.41. The Bertz CT molecular complexity index is 437. The summed E-state index contributed by atoms with van der Waals surface area (Å²) in [7, 11) is 1.61. The first kappa shape index (κ1) is 10.6. The third-order valence-electron chi connectivity index (χ3n) is 2.36. The van der Waals surface area contributed by atoms with E-state index in [0.29, 0.717) is 5.88 Å². The second-order valence-electron chi connectivity index (χ2n) is 3.43. The summed E-state index contributed by atoms with van der Waals surface area (Å²) in [5.74, 6) is 0.612. The summed E-state index contributed by atoms with van der Waals surface area (Å²) in [5, 5.41) is 0. The molecule has 0 aliphatic carbocycles. The van der Waals surface area contributed by atoms with Gasteiger partial charge in [0.2, 0.25) is 5.88 Å². The number of aromatic nitrogens is 2. The minimum absolute atomic E-state index is 0.612. The van der Waals surface area contributed by atoms with Crippen LogP contribution in [0.1, 0.15) is 12.6 Å². The molecule has 0 aliphatic heterocycles. The van der Waals surface area contributed by atoms with Crippen LogP contribution in [0, 0.1) is 0 Å². The van der Waals surface area contributed by atoms with Gasteiger partial charge in [0.15, 0.2) is 0 Å². The fraction of sp³-hybridized carbons (Fsp3) is 0.231. The van der Waals surface area contributed by atoms with Crippen LogP contribution in [0.3, 0.4) is 0 Å². The van der Waals surface area contributed by atoms with Gasteiger partial charge in [-0.15, -0.1) is 0 Å². The minimum Gasteiger partial charge on any atom is -0.481 e. The second kappa shape index (κ2) is 4.75. The van der Waals surface area contributed by atoms with Crippen molar-refractivity contribution >= 4 is 0 Å². The monoisotopic (exact) mass is 214 g/mol. The Morgan fingerprint density at radius 3 is 2.38 bits per heavy atom.